The Labute approximate surface area is 162 Å². The minimum Gasteiger partial charge on any atom is -0.497 e. The Morgan fingerprint density at radius 2 is 1.92 bits per heavy atom. The lowest BCUT2D eigenvalue weighted by molar-refractivity contribution is 0.0862. The summed E-state index contributed by atoms with van der Waals surface area (Å²) >= 11 is 0. The fourth-order valence-corrected chi connectivity index (χ4v) is 2.58. The molecular weight excluding hydrogens is 361 g/mol. The van der Waals surface area contributed by atoms with Crippen LogP contribution >= 0.6 is 24.8 Å². The standard InChI is InChI=1S/C18H27N3O2.2ClH/c1-12(2)17(19)18(22)21-11-13(8-9-20(3)4)15-10-14(23-5)6-7-16(15)21;;/h6-7,10-12,17H,8-9,19H2,1-5H3;2*1H. The Bertz CT molecular complexity index is 699. The summed E-state index contributed by atoms with van der Waals surface area (Å²) in [5.74, 6) is 0.830. The zero-order chi connectivity index (χ0) is 17.1. The van der Waals surface area contributed by atoms with Crippen molar-refractivity contribution in [1.82, 2.24) is 9.47 Å². The molecule has 2 N–H and O–H groups in total. The van der Waals surface area contributed by atoms with E-state index in [9.17, 15) is 4.79 Å². The van der Waals surface area contributed by atoms with Crippen molar-refractivity contribution in [2.24, 2.45) is 11.7 Å². The van der Waals surface area contributed by atoms with Crippen LogP contribution in [0.15, 0.2) is 24.4 Å². The molecule has 1 aromatic heterocycles. The van der Waals surface area contributed by atoms with Crippen LogP contribution < -0.4 is 10.5 Å². The number of methoxy groups -OCH3 is 1. The van der Waals surface area contributed by atoms with E-state index in [2.05, 4.69) is 4.90 Å². The first kappa shape index (κ1) is 23.7. The van der Waals surface area contributed by atoms with Gasteiger partial charge in [0.15, 0.2) is 0 Å². The van der Waals surface area contributed by atoms with Gasteiger partial charge in [0.05, 0.1) is 18.7 Å². The molecule has 2 aromatic rings. The van der Waals surface area contributed by atoms with E-state index in [1.54, 1.807) is 11.7 Å². The van der Waals surface area contributed by atoms with Crippen LogP contribution in [0.2, 0.25) is 0 Å². The molecule has 5 nitrogen and oxygen atoms in total. The van der Waals surface area contributed by atoms with E-state index in [0.29, 0.717) is 0 Å². The number of rotatable bonds is 6. The van der Waals surface area contributed by atoms with Crippen LogP contribution in [0.1, 0.15) is 24.2 Å². The van der Waals surface area contributed by atoms with E-state index in [1.807, 2.05) is 52.3 Å². The third-order valence-electron chi connectivity index (χ3n) is 4.16. The number of benzene rings is 1. The quantitative estimate of drug-likeness (QED) is 0.823. The molecule has 0 fully saturated rings. The summed E-state index contributed by atoms with van der Waals surface area (Å²) < 4.78 is 7.03. The number of likely N-dealkylation sites (N-methyl/N-ethyl adjacent to an activating group) is 1. The zero-order valence-electron chi connectivity index (χ0n) is 15.5. The number of halogens is 2. The van der Waals surface area contributed by atoms with Crippen molar-refractivity contribution in [2.75, 3.05) is 27.7 Å². The van der Waals surface area contributed by atoms with Crippen LogP contribution in [0.4, 0.5) is 0 Å². The third kappa shape index (κ3) is 5.35. The second-order valence-corrected chi connectivity index (χ2v) is 6.57. The molecule has 0 spiro atoms. The lowest BCUT2D eigenvalue weighted by Gasteiger charge is -2.15. The van der Waals surface area contributed by atoms with Gasteiger partial charge in [-0.2, -0.15) is 0 Å². The highest BCUT2D eigenvalue weighted by Crippen LogP contribution is 2.27. The topological polar surface area (TPSA) is 60.5 Å². The summed E-state index contributed by atoms with van der Waals surface area (Å²) in [6.45, 7) is 4.84. The second-order valence-electron chi connectivity index (χ2n) is 6.57. The molecule has 142 valence electrons. The maximum absolute atomic E-state index is 12.7. The molecule has 0 aliphatic heterocycles. The normalized spacial score (nSPS) is 12.0. The number of nitrogens with zero attached hydrogens (tertiary/aromatic N) is 2. The second kappa shape index (κ2) is 10.0. The average molecular weight is 390 g/mol. The number of carbonyl (C=O) groups is 1. The average Bonchev–Trinajstić information content (AvgIpc) is 2.89. The largest absolute Gasteiger partial charge is 0.497 e. The Morgan fingerprint density at radius 1 is 1.28 bits per heavy atom. The van der Waals surface area contributed by atoms with Crippen LogP contribution in [0.3, 0.4) is 0 Å². The summed E-state index contributed by atoms with van der Waals surface area (Å²) in [6.07, 6.45) is 2.80. The molecule has 1 heterocycles. The Morgan fingerprint density at radius 3 is 2.44 bits per heavy atom. The van der Waals surface area contributed by atoms with Gasteiger partial charge in [-0.05, 0) is 50.2 Å². The number of ether oxygens (including phenoxy) is 1. The Kier molecular flexibility index (Phi) is 9.51. The monoisotopic (exact) mass is 389 g/mol. The van der Waals surface area contributed by atoms with E-state index < -0.39 is 6.04 Å². The molecule has 2 rings (SSSR count). The number of nitrogens with two attached hydrogens (primary N) is 1. The predicted molar refractivity (Wildman–Crippen MR) is 109 cm³/mol. The Hall–Kier alpha value is -1.27. The number of carbonyl (C=O) groups excluding carboxylic acids is 1. The van der Waals surface area contributed by atoms with Gasteiger partial charge in [-0.25, -0.2) is 0 Å². The van der Waals surface area contributed by atoms with Gasteiger partial charge in [-0.1, -0.05) is 13.8 Å². The highest BCUT2D eigenvalue weighted by molar-refractivity contribution is 5.97. The van der Waals surface area contributed by atoms with Crippen molar-refractivity contribution in [3.05, 3.63) is 30.0 Å². The number of aromatic nitrogens is 1. The molecule has 0 amide bonds. The van der Waals surface area contributed by atoms with Gasteiger partial charge in [0.25, 0.3) is 0 Å². The maximum atomic E-state index is 12.7. The van der Waals surface area contributed by atoms with Crippen LogP contribution in [-0.2, 0) is 6.42 Å². The van der Waals surface area contributed by atoms with E-state index in [0.717, 1.165) is 35.2 Å². The molecule has 1 aromatic carbocycles. The number of hydrogen-bond acceptors (Lipinski definition) is 4. The smallest absolute Gasteiger partial charge is 0.248 e. The minimum atomic E-state index is -0.505. The SMILES string of the molecule is COc1ccc2c(c1)c(CCN(C)C)cn2C(=O)C(N)C(C)C.Cl.Cl. The molecule has 1 atom stereocenters. The molecule has 0 bridgehead atoms. The first-order chi connectivity index (χ1) is 10.8. The maximum Gasteiger partial charge on any atom is 0.248 e. The van der Waals surface area contributed by atoms with Crippen LogP contribution in [-0.4, -0.2) is 49.2 Å². The minimum absolute atomic E-state index is 0. The molecule has 25 heavy (non-hydrogen) atoms. The number of fused-ring (bicyclic) bond motifs is 1. The van der Waals surface area contributed by atoms with E-state index in [4.69, 9.17) is 10.5 Å². The summed E-state index contributed by atoms with van der Waals surface area (Å²) in [5, 5.41) is 1.05. The summed E-state index contributed by atoms with van der Waals surface area (Å²) in [5.41, 5.74) is 8.09. The molecular formula is C18H29Cl2N3O2. The summed E-state index contributed by atoms with van der Waals surface area (Å²) in [7, 11) is 5.73. The summed E-state index contributed by atoms with van der Waals surface area (Å²) in [6, 6.07) is 5.29. The van der Waals surface area contributed by atoms with Gasteiger partial charge in [0.1, 0.15) is 5.75 Å². The van der Waals surface area contributed by atoms with E-state index in [-0.39, 0.29) is 36.6 Å². The summed E-state index contributed by atoms with van der Waals surface area (Å²) in [4.78, 5) is 14.8. The van der Waals surface area contributed by atoms with E-state index in [1.165, 1.54) is 0 Å². The van der Waals surface area contributed by atoms with Gasteiger partial charge < -0.3 is 15.4 Å². The van der Waals surface area contributed by atoms with Gasteiger partial charge in [-0.15, -0.1) is 24.8 Å². The third-order valence-corrected chi connectivity index (χ3v) is 4.16. The van der Waals surface area contributed by atoms with Crippen LogP contribution in [0.25, 0.3) is 10.9 Å². The van der Waals surface area contributed by atoms with Crippen LogP contribution in [0.5, 0.6) is 5.75 Å². The van der Waals surface area contributed by atoms with Crippen molar-refractivity contribution in [1.29, 1.82) is 0 Å². The molecule has 0 saturated carbocycles. The number of hydrogen-bond donors (Lipinski definition) is 1. The predicted octanol–water partition coefficient (Wildman–Crippen LogP) is 3.22. The first-order valence-electron chi connectivity index (χ1n) is 7.97. The lowest BCUT2D eigenvalue weighted by atomic mass is 10.0. The Balaban J connectivity index is 0.00000288. The van der Waals surface area contributed by atoms with Crippen molar-refractivity contribution in [2.45, 2.75) is 26.3 Å². The highest BCUT2D eigenvalue weighted by atomic mass is 35.5. The van der Waals surface area contributed by atoms with Crippen molar-refractivity contribution < 1.29 is 9.53 Å². The molecule has 0 aliphatic rings. The van der Waals surface area contributed by atoms with Gasteiger partial charge in [0, 0.05) is 18.1 Å². The fourth-order valence-electron chi connectivity index (χ4n) is 2.58. The van der Waals surface area contributed by atoms with Crippen molar-refractivity contribution in [3.8, 4) is 5.75 Å². The fraction of sp³-hybridized carbons (Fsp3) is 0.500. The molecule has 0 aliphatic carbocycles. The highest BCUT2D eigenvalue weighted by Gasteiger charge is 2.22. The molecule has 0 saturated heterocycles. The van der Waals surface area contributed by atoms with Gasteiger partial charge in [0.2, 0.25) is 5.91 Å². The van der Waals surface area contributed by atoms with Gasteiger partial charge in [-0.3, -0.25) is 9.36 Å². The zero-order valence-corrected chi connectivity index (χ0v) is 17.1. The van der Waals surface area contributed by atoms with Crippen molar-refractivity contribution >= 4 is 41.6 Å². The molecule has 0 radical (unpaired) electrons. The lowest BCUT2D eigenvalue weighted by Crippen LogP contribution is -2.38. The van der Waals surface area contributed by atoms with Crippen LogP contribution in [0, 0.1) is 5.92 Å². The van der Waals surface area contributed by atoms with E-state index >= 15 is 0 Å². The first-order valence-corrected chi connectivity index (χ1v) is 7.97. The van der Waals surface area contributed by atoms with Gasteiger partial charge >= 0.3 is 0 Å². The molecule has 1 unspecified atom stereocenters. The molecule has 7 heteroatoms. The van der Waals surface area contributed by atoms with Crippen molar-refractivity contribution in [3.63, 3.8) is 0 Å².